The second kappa shape index (κ2) is 77.8. The number of carbonyl (C=O) groups excluding carboxylic acids is 4. The summed E-state index contributed by atoms with van der Waals surface area (Å²) >= 11 is 0. The van der Waals surface area contributed by atoms with Crippen molar-refractivity contribution >= 4 is 39.5 Å². The summed E-state index contributed by atoms with van der Waals surface area (Å²) in [6.07, 6.45) is 90.7. The summed E-state index contributed by atoms with van der Waals surface area (Å²) in [6, 6.07) is 0. The minimum Gasteiger partial charge on any atom is -0.462 e. The van der Waals surface area contributed by atoms with Gasteiger partial charge in [-0.2, -0.15) is 0 Å². The molecule has 604 valence electrons. The number of allylic oxidation sites excluding steroid dienone is 26. The molecule has 0 aromatic carbocycles. The summed E-state index contributed by atoms with van der Waals surface area (Å²) in [7, 11) is -10.00. The Morgan fingerprint density at radius 2 is 0.491 bits per heavy atom. The van der Waals surface area contributed by atoms with Crippen LogP contribution >= 0.6 is 15.6 Å². The topological polar surface area (TPSA) is 237 Å². The zero-order valence-corrected chi connectivity index (χ0v) is 67.8. The molecular formula is C87H144O17P2. The summed E-state index contributed by atoms with van der Waals surface area (Å²) in [4.78, 5) is 73.1. The first-order chi connectivity index (χ1) is 51.7. The molecule has 0 aliphatic heterocycles. The monoisotopic (exact) mass is 1520 g/mol. The van der Waals surface area contributed by atoms with E-state index in [-0.39, 0.29) is 25.7 Å². The van der Waals surface area contributed by atoms with Crippen molar-refractivity contribution in [3.05, 3.63) is 158 Å². The Morgan fingerprint density at radius 1 is 0.274 bits per heavy atom. The fourth-order valence-electron chi connectivity index (χ4n) is 10.3. The lowest BCUT2D eigenvalue weighted by atomic mass is 10.1. The predicted molar refractivity (Wildman–Crippen MR) is 436 cm³/mol. The highest BCUT2D eigenvalue weighted by atomic mass is 31.2. The quantitative estimate of drug-likeness (QED) is 0.0169. The SMILES string of the molecule is CC/C=C\C/C=C\C/C=C\C/C=C\C/C=C\CCCCCC(=O)OC[C@H](COP(=O)(O)OC[C@@H](O)COP(=O)(O)OC[C@@H](COC(=O)CCCCCCC/C=C\CCCCCC)OC(=O)CCCCC/C=C\C/C=C\C/C=C\C/C=C\C/C=C\CC)OC(=O)CCCCCCC/C=C\C/C=C\CCCCC. The van der Waals surface area contributed by atoms with Crippen molar-refractivity contribution in [3.8, 4) is 0 Å². The third-order valence-corrected chi connectivity index (χ3v) is 18.4. The van der Waals surface area contributed by atoms with E-state index in [1.54, 1.807) is 0 Å². The summed E-state index contributed by atoms with van der Waals surface area (Å²) in [5.41, 5.74) is 0. The van der Waals surface area contributed by atoms with Gasteiger partial charge in [0.2, 0.25) is 0 Å². The van der Waals surface area contributed by atoms with E-state index < -0.39 is 97.5 Å². The molecule has 0 aromatic rings. The molecule has 0 radical (unpaired) electrons. The average molecular weight is 1520 g/mol. The van der Waals surface area contributed by atoms with Crippen molar-refractivity contribution in [1.82, 2.24) is 0 Å². The van der Waals surface area contributed by atoms with Gasteiger partial charge in [-0.15, -0.1) is 0 Å². The van der Waals surface area contributed by atoms with E-state index >= 15 is 0 Å². The number of phosphoric ester groups is 2. The second-order valence-corrected chi connectivity index (χ2v) is 29.5. The van der Waals surface area contributed by atoms with E-state index in [2.05, 4.69) is 186 Å². The Bertz CT molecular complexity index is 2630. The van der Waals surface area contributed by atoms with Gasteiger partial charge in [0, 0.05) is 25.7 Å². The smallest absolute Gasteiger partial charge is 0.462 e. The molecule has 2 unspecified atom stereocenters. The molecule has 0 bridgehead atoms. The molecule has 0 saturated carbocycles. The molecule has 3 N–H and O–H groups in total. The van der Waals surface area contributed by atoms with Gasteiger partial charge in [-0.05, 0) is 173 Å². The summed E-state index contributed by atoms with van der Waals surface area (Å²) in [5.74, 6) is -2.28. The van der Waals surface area contributed by atoms with Crippen LogP contribution in [0.15, 0.2) is 158 Å². The zero-order valence-electron chi connectivity index (χ0n) is 66.1. The molecule has 0 aromatic heterocycles. The molecule has 0 saturated heterocycles. The van der Waals surface area contributed by atoms with Gasteiger partial charge in [-0.3, -0.25) is 37.3 Å². The lowest BCUT2D eigenvalue weighted by Crippen LogP contribution is -2.30. The van der Waals surface area contributed by atoms with Crippen molar-refractivity contribution in [2.24, 2.45) is 0 Å². The number of aliphatic hydroxyl groups is 1. The maximum atomic E-state index is 13.1. The lowest BCUT2D eigenvalue weighted by Gasteiger charge is -2.21. The number of unbranched alkanes of at least 4 members (excludes halogenated alkanes) is 23. The Morgan fingerprint density at radius 3 is 0.792 bits per heavy atom. The highest BCUT2D eigenvalue weighted by Gasteiger charge is 2.30. The molecule has 0 spiro atoms. The predicted octanol–water partition coefficient (Wildman–Crippen LogP) is 24.0. The lowest BCUT2D eigenvalue weighted by molar-refractivity contribution is -0.161. The first kappa shape index (κ1) is 101. The molecular weight excluding hydrogens is 1380 g/mol. The number of esters is 4. The van der Waals surface area contributed by atoms with E-state index in [9.17, 15) is 43.2 Å². The molecule has 5 atom stereocenters. The van der Waals surface area contributed by atoms with Crippen molar-refractivity contribution in [3.63, 3.8) is 0 Å². The number of phosphoric acid groups is 2. The molecule has 0 rings (SSSR count). The molecule has 106 heavy (non-hydrogen) atoms. The zero-order chi connectivity index (χ0) is 77.4. The molecule has 0 aliphatic carbocycles. The minimum atomic E-state index is -5.00. The van der Waals surface area contributed by atoms with E-state index in [1.165, 1.54) is 44.9 Å². The molecule has 17 nitrogen and oxygen atoms in total. The van der Waals surface area contributed by atoms with Crippen LogP contribution in [0, 0.1) is 0 Å². The van der Waals surface area contributed by atoms with Crippen LogP contribution < -0.4 is 0 Å². The van der Waals surface area contributed by atoms with Crippen molar-refractivity contribution < 1.29 is 80.2 Å². The Hall–Kier alpha value is -5.32. The third-order valence-electron chi connectivity index (χ3n) is 16.5. The summed E-state index contributed by atoms with van der Waals surface area (Å²) in [6.45, 7) is 4.51. The number of hydrogen-bond acceptors (Lipinski definition) is 15. The average Bonchev–Trinajstić information content (AvgIpc) is 0.902. The van der Waals surface area contributed by atoms with Crippen LogP contribution in [0.4, 0.5) is 0 Å². The Labute approximate surface area is 642 Å². The maximum Gasteiger partial charge on any atom is 0.472 e. The Balaban J connectivity index is 5.45. The molecule has 0 aliphatic rings. The second-order valence-electron chi connectivity index (χ2n) is 26.6. The summed E-state index contributed by atoms with van der Waals surface area (Å²) < 4.78 is 68.6. The van der Waals surface area contributed by atoms with E-state index in [1.807, 2.05) is 0 Å². The van der Waals surface area contributed by atoms with Gasteiger partial charge in [0.25, 0.3) is 0 Å². The number of carbonyl (C=O) groups is 4. The van der Waals surface area contributed by atoms with E-state index in [4.69, 9.17) is 37.0 Å². The van der Waals surface area contributed by atoms with Gasteiger partial charge >= 0.3 is 39.5 Å². The minimum absolute atomic E-state index is 0.0489. The highest BCUT2D eigenvalue weighted by molar-refractivity contribution is 7.47. The number of hydrogen-bond donors (Lipinski definition) is 3. The molecule has 19 heteroatoms. The maximum absolute atomic E-state index is 13.1. The van der Waals surface area contributed by atoms with Gasteiger partial charge in [0.1, 0.15) is 19.3 Å². The van der Waals surface area contributed by atoms with Crippen LogP contribution in [0.2, 0.25) is 0 Å². The van der Waals surface area contributed by atoms with Crippen LogP contribution in [0.5, 0.6) is 0 Å². The van der Waals surface area contributed by atoms with Crippen molar-refractivity contribution in [2.75, 3.05) is 39.6 Å². The number of ether oxygens (including phenoxy) is 4. The fourth-order valence-corrected chi connectivity index (χ4v) is 11.9. The third kappa shape index (κ3) is 76.9. The van der Waals surface area contributed by atoms with Crippen molar-refractivity contribution in [1.29, 1.82) is 0 Å². The number of rotatable bonds is 75. The van der Waals surface area contributed by atoms with Crippen molar-refractivity contribution in [2.45, 2.75) is 329 Å². The van der Waals surface area contributed by atoms with Gasteiger partial charge in [0.15, 0.2) is 12.2 Å². The van der Waals surface area contributed by atoms with Gasteiger partial charge in [-0.25, -0.2) is 9.13 Å². The highest BCUT2D eigenvalue weighted by Crippen LogP contribution is 2.45. The van der Waals surface area contributed by atoms with E-state index in [0.717, 1.165) is 186 Å². The Kier molecular flexibility index (Phi) is 73.9. The molecule has 0 heterocycles. The van der Waals surface area contributed by atoms with E-state index in [0.29, 0.717) is 25.7 Å². The van der Waals surface area contributed by atoms with Gasteiger partial charge < -0.3 is 33.8 Å². The van der Waals surface area contributed by atoms with Crippen LogP contribution in [0.25, 0.3) is 0 Å². The first-order valence-corrected chi connectivity index (χ1v) is 43.7. The van der Waals surface area contributed by atoms with Crippen LogP contribution in [0.1, 0.15) is 310 Å². The fraction of sp³-hybridized carbons (Fsp3) is 0.655. The van der Waals surface area contributed by atoms with Gasteiger partial charge in [0.05, 0.1) is 26.4 Å². The largest absolute Gasteiger partial charge is 0.472 e. The molecule has 0 fully saturated rings. The van der Waals surface area contributed by atoms with Crippen LogP contribution in [0.3, 0.4) is 0 Å². The first-order valence-electron chi connectivity index (χ1n) is 40.7. The van der Waals surface area contributed by atoms with Crippen LogP contribution in [-0.2, 0) is 65.4 Å². The summed E-state index contributed by atoms with van der Waals surface area (Å²) in [5, 5.41) is 10.7. The van der Waals surface area contributed by atoms with Gasteiger partial charge in [-0.1, -0.05) is 269 Å². The normalized spacial score (nSPS) is 14.7. The van der Waals surface area contributed by atoms with Crippen LogP contribution in [-0.4, -0.2) is 96.7 Å². The standard InChI is InChI=1S/C87H144O17P2/c1-5-9-13-17-21-25-29-33-36-38-40-42-45-48-52-56-60-64-68-72-85(90)98-78-83(103-86(91)73-69-65-61-57-53-49-44-35-31-27-23-19-15-11-7-3)80-102-106(95,96)100-76-81(88)75-99-105(93,94)101-79-82(77-97-84(89)71-67-63-59-55-51-47-32-28-24-20-16-12-8-4)104-87(92)74-70-66-62-58-54-50-46-43-41-39-37-34-30-26-22-18-14-10-6-2/h9-10,13-14,21-23,25-28,32-37,40-44,48,50,52,54,81-83,88H,5-8,11-12,15-20,24,29-31,38-39,45-47,49,51,53,55-80H2,1-4H3,(H,93,94)(H,95,96)/b13-9-,14-10-,25-21-,26-22-,27-23-,32-28-,36-33-,37-34-,42-40-,43-41-,44-35-,52-48-,54-50-/t81-,82+,83+/m0/s1. The number of aliphatic hydroxyl groups excluding tert-OH is 1. The molecule has 0 amide bonds.